The molecule has 0 heterocycles. The Bertz CT molecular complexity index is 1180. The lowest BCUT2D eigenvalue weighted by Crippen LogP contribution is -2.60. The molecule has 0 saturated heterocycles. The number of amides is 4. The summed E-state index contributed by atoms with van der Waals surface area (Å²) in [6, 6.07) is 17.5. The Hall–Kier alpha value is -4.38. The minimum atomic E-state index is -0.739. The fraction of sp³-hybridized carbons (Fsp3) is 0.419. The number of carbonyl (C=O) groups excluding carboxylic acids is 6. The summed E-state index contributed by atoms with van der Waals surface area (Å²) >= 11 is 0. The summed E-state index contributed by atoms with van der Waals surface area (Å²) < 4.78 is 0. The molecule has 2 aromatic rings. The zero-order chi connectivity index (χ0) is 30.8. The average molecular weight is 578 g/mol. The monoisotopic (exact) mass is 577 g/mol. The van der Waals surface area contributed by atoms with Crippen LogP contribution < -0.4 is 27.0 Å². The molecule has 11 heteroatoms. The molecule has 1 aliphatic rings. The molecular formula is C31H39N5O6. The highest BCUT2D eigenvalue weighted by Gasteiger charge is 2.58. The molecule has 0 aliphatic heterocycles. The molecule has 224 valence electrons. The van der Waals surface area contributed by atoms with Crippen molar-refractivity contribution in [3.05, 3.63) is 71.8 Å². The first-order valence-electron chi connectivity index (χ1n) is 14.0. The standard InChI is InChI=1S/C31H39N5O6/c1-5-20(18(2)37)16-24(39)33-35-30(41)28-26(21-12-8-6-9-13-21)29(27(28)22-14-10-7-11-15-22)31(42)36-34-25(40)17-23(32-4)19(3)38/h6-15,20,23,26-29,32H,5,16-17H2,1-4H3,(H,33,39)(H,34,40)(H,35,41)(H,36,42). The maximum atomic E-state index is 13.6. The molecule has 11 nitrogen and oxygen atoms in total. The van der Waals surface area contributed by atoms with Gasteiger partial charge in [0, 0.05) is 24.2 Å². The van der Waals surface area contributed by atoms with Gasteiger partial charge in [0.25, 0.3) is 0 Å². The number of carbonyl (C=O) groups is 6. The molecule has 0 aromatic heterocycles. The predicted octanol–water partition coefficient (Wildman–Crippen LogP) is 1.67. The van der Waals surface area contributed by atoms with Crippen molar-refractivity contribution in [2.45, 2.75) is 57.9 Å². The Morgan fingerprint density at radius 1 is 0.643 bits per heavy atom. The van der Waals surface area contributed by atoms with E-state index in [1.807, 2.05) is 67.6 Å². The Labute approximate surface area is 245 Å². The Kier molecular flexibility index (Phi) is 11.5. The molecule has 0 bridgehead atoms. The average Bonchev–Trinajstić information content (AvgIpc) is 2.96. The molecule has 4 amide bonds. The molecule has 1 aliphatic carbocycles. The van der Waals surface area contributed by atoms with Crippen LogP contribution in [-0.4, -0.2) is 48.3 Å². The van der Waals surface area contributed by atoms with Gasteiger partial charge in [-0.05, 0) is 38.4 Å². The molecular weight excluding hydrogens is 538 g/mol. The highest BCUT2D eigenvalue weighted by molar-refractivity contribution is 5.93. The van der Waals surface area contributed by atoms with Crippen molar-refractivity contribution < 1.29 is 28.8 Å². The van der Waals surface area contributed by atoms with Gasteiger partial charge in [0.1, 0.15) is 11.6 Å². The van der Waals surface area contributed by atoms with Gasteiger partial charge >= 0.3 is 0 Å². The topological polar surface area (TPSA) is 163 Å². The summed E-state index contributed by atoms with van der Waals surface area (Å²) in [4.78, 5) is 75.6. The predicted molar refractivity (Wildman–Crippen MR) is 155 cm³/mol. The fourth-order valence-electron chi connectivity index (χ4n) is 5.55. The van der Waals surface area contributed by atoms with Crippen LogP contribution in [0.25, 0.3) is 0 Å². The number of benzene rings is 2. The number of hydrogen-bond acceptors (Lipinski definition) is 7. The molecule has 1 saturated carbocycles. The van der Waals surface area contributed by atoms with Crippen molar-refractivity contribution in [3.8, 4) is 0 Å². The van der Waals surface area contributed by atoms with Crippen LogP contribution in [0.1, 0.15) is 63.0 Å². The van der Waals surface area contributed by atoms with Crippen LogP contribution in [0.3, 0.4) is 0 Å². The Morgan fingerprint density at radius 2 is 1.07 bits per heavy atom. The lowest BCUT2D eigenvalue weighted by molar-refractivity contribution is -0.144. The highest BCUT2D eigenvalue weighted by Crippen LogP contribution is 2.57. The summed E-state index contributed by atoms with van der Waals surface area (Å²) in [6.45, 7) is 4.62. The van der Waals surface area contributed by atoms with E-state index in [-0.39, 0.29) is 24.4 Å². The van der Waals surface area contributed by atoms with E-state index in [9.17, 15) is 28.8 Å². The fourth-order valence-corrected chi connectivity index (χ4v) is 5.55. The van der Waals surface area contributed by atoms with Gasteiger partial charge in [-0.1, -0.05) is 67.6 Å². The number of hydrazine groups is 2. The first-order valence-corrected chi connectivity index (χ1v) is 14.0. The summed E-state index contributed by atoms with van der Waals surface area (Å²) in [5.74, 6) is -5.38. The molecule has 2 aromatic carbocycles. The first-order chi connectivity index (χ1) is 20.1. The van der Waals surface area contributed by atoms with Crippen molar-refractivity contribution in [1.29, 1.82) is 0 Å². The number of nitrogens with one attached hydrogen (secondary N) is 5. The highest BCUT2D eigenvalue weighted by atomic mass is 16.2. The maximum absolute atomic E-state index is 13.6. The SMILES string of the molecule is CCC(CC(=O)NNC(=O)C1C(c2ccccc2)C(C(=O)NNC(=O)CC(NC)C(C)=O)C1c1ccccc1)C(C)=O. The molecule has 1 fully saturated rings. The molecule has 3 rings (SSSR count). The van der Waals surface area contributed by atoms with Gasteiger partial charge in [-0.3, -0.25) is 50.5 Å². The van der Waals surface area contributed by atoms with Crippen molar-refractivity contribution in [1.82, 2.24) is 27.0 Å². The summed E-state index contributed by atoms with van der Waals surface area (Å²) in [6.07, 6.45) is 0.293. The van der Waals surface area contributed by atoms with Crippen molar-refractivity contribution >= 4 is 35.2 Å². The lowest BCUT2D eigenvalue weighted by atomic mass is 9.52. The van der Waals surface area contributed by atoms with Crippen LogP contribution in [0.2, 0.25) is 0 Å². The molecule has 4 unspecified atom stereocenters. The van der Waals surface area contributed by atoms with Gasteiger partial charge in [0.05, 0.1) is 24.3 Å². The van der Waals surface area contributed by atoms with E-state index in [0.717, 1.165) is 11.1 Å². The second kappa shape index (κ2) is 15.0. The molecule has 0 spiro atoms. The van der Waals surface area contributed by atoms with E-state index in [2.05, 4.69) is 27.0 Å². The summed E-state index contributed by atoms with van der Waals surface area (Å²) in [5, 5.41) is 2.77. The van der Waals surface area contributed by atoms with Gasteiger partial charge < -0.3 is 5.32 Å². The van der Waals surface area contributed by atoms with Crippen molar-refractivity contribution in [2.24, 2.45) is 17.8 Å². The van der Waals surface area contributed by atoms with E-state index in [1.54, 1.807) is 7.05 Å². The number of hydrogen-bond donors (Lipinski definition) is 5. The van der Waals surface area contributed by atoms with E-state index in [0.29, 0.717) is 6.42 Å². The van der Waals surface area contributed by atoms with Crippen LogP contribution >= 0.6 is 0 Å². The third-order valence-corrected chi connectivity index (χ3v) is 7.90. The van der Waals surface area contributed by atoms with Gasteiger partial charge in [-0.2, -0.15) is 0 Å². The Morgan fingerprint density at radius 3 is 1.43 bits per heavy atom. The minimum Gasteiger partial charge on any atom is -0.310 e. The minimum absolute atomic E-state index is 0.0518. The van der Waals surface area contributed by atoms with Crippen molar-refractivity contribution in [2.75, 3.05) is 7.05 Å². The number of ketones is 2. The smallest absolute Gasteiger partial charge is 0.242 e. The van der Waals surface area contributed by atoms with Crippen LogP contribution in [0.15, 0.2) is 60.7 Å². The molecule has 5 N–H and O–H groups in total. The number of likely N-dealkylation sites (N-methyl/N-ethyl adjacent to an activating group) is 1. The molecule has 0 radical (unpaired) electrons. The van der Waals surface area contributed by atoms with E-state index >= 15 is 0 Å². The Balaban J connectivity index is 1.84. The molecule has 4 atom stereocenters. The number of Topliss-reactive ketones (excluding diaryl/α,β-unsaturated/α-hetero) is 2. The van der Waals surface area contributed by atoms with Crippen LogP contribution in [0.5, 0.6) is 0 Å². The third kappa shape index (κ3) is 7.88. The summed E-state index contributed by atoms with van der Waals surface area (Å²) in [5.41, 5.74) is 11.3. The van der Waals surface area contributed by atoms with E-state index in [4.69, 9.17) is 0 Å². The molecule has 42 heavy (non-hydrogen) atoms. The van der Waals surface area contributed by atoms with Gasteiger partial charge in [0.2, 0.25) is 23.6 Å². The lowest BCUT2D eigenvalue weighted by Gasteiger charge is -2.50. The van der Waals surface area contributed by atoms with Crippen LogP contribution in [-0.2, 0) is 28.8 Å². The quantitative estimate of drug-likeness (QED) is 0.240. The number of rotatable bonds is 12. The van der Waals surface area contributed by atoms with Gasteiger partial charge in [-0.25, -0.2) is 0 Å². The van der Waals surface area contributed by atoms with Crippen LogP contribution in [0.4, 0.5) is 0 Å². The van der Waals surface area contributed by atoms with E-state index < -0.39 is 59.3 Å². The summed E-state index contributed by atoms with van der Waals surface area (Å²) in [7, 11) is 1.57. The van der Waals surface area contributed by atoms with E-state index in [1.165, 1.54) is 13.8 Å². The van der Waals surface area contributed by atoms with Crippen LogP contribution in [0, 0.1) is 17.8 Å². The first kappa shape index (κ1) is 32.1. The van der Waals surface area contributed by atoms with Gasteiger partial charge in [0.15, 0.2) is 0 Å². The largest absolute Gasteiger partial charge is 0.310 e. The second-order valence-corrected chi connectivity index (χ2v) is 10.6. The second-order valence-electron chi connectivity index (χ2n) is 10.6. The maximum Gasteiger partial charge on any atom is 0.242 e. The van der Waals surface area contributed by atoms with Crippen molar-refractivity contribution in [3.63, 3.8) is 0 Å². The zero-order valence-electron chi connectivity index (χ0n) is 24.3. The zero-order valence-corrected chi connectivity index (χ0v) is 24.3. The third-order valence-electron chi connectivity index (χ3n) is 7.90. The normalized spacial score (nSPS) is 20.7. The van der Waals surface area contributed by atoms with Gasteiger partial charge in [-0.15, -0.1) is 0 Å².